The number of methoxy groups -OCH3 is 2. The average molecular weight is 433 g/mol. The molecule has 9 nitrogen and oxygen atoms in total. The molecule has 1 unspecified atom stereocenters. The van der Waals surface area contributed by atoms with Gasteiger partial charge in [0.1, 0.15) is 11.8 Å². The van der Waals surface area contributed by atoms with Crippen LogP contribution in [0.3, 0.4) is 0 Å². The molecule has 0 aromatic heterocycles. The molecular formula is C21H40N2O7. The third-order valence-electron chi connectivity index (χ3n) is 4.31. The molecule has 0 aliphatic rings. The third kappa shape index (κ3) is 17.3. The van der Waals surface area contributed by atoms with Crippen LogP contribution in [0.25, 0.3) is 0 Å². The van der Waals surface area contributed by atoms with Crippen molar-refractivity contribution in [1.29, 1.82) is 0 Å². The molecule has 0 heterocycles. The van der Waals surface area contributed by atoms with Crippen molar-refractivity contribution in [3.05, 3.63) is 0 Å². The summed E-state index contributed by atoms with van der Waals surface area (Å²) >= 11 is 0. The number of carbonyl (C=O) groups excluding carboxylic acids is 3. The lowest BCUT2D eigenvalue weighted by Gasteiger charge is -2.18. The minimum absolute atomic E-state index is 0.175. The highest BCUT2D eigenvalue weighted by Crippen LogP contribution is 2.08. The quantitative estimate of drug-likeness (QED) is 0.262. The van der Waals surface area contributed by atoms with Crippen molar-refractivity contribution in [3.8, 4) is 0 Å². The molecule has 0 fully saturated rings. The standard InChI is InChI=1S/C21H40N2O7/c1-4-22-21(26)19(23-20(25)11-13-30-17-15-28-3)9-7-5-6-8-18(24)10-12-29-16-14-27-2/h19H,4-17H2,1-3H3,(H,22,26)(H,23,25). The minimum atomic E-state index is -0.568. The van der Waals surface area contributed by atoms with Gasteiger partial charge in [0, 0.05) is 40.0 Å². The number of amides is 2. The van der Waals surface area contributed by atoms with Gasteiger partial charge < -0.3 is 29.6 Å². The van der Waals surface area contributed by atoms with E-state index < -0.39 is 6.04 Å². The van der Waals surface area contributed by atoms with Crippen LogP contribution < -0.4 is 10.6 Å². The van der Waals surface area contributed by atoms with Crippen LogP contribution in [0.15, 0.2) is 0 Å². The largest absolute Gasteiger partial charge is 0.382 e. The fraction of sp³-hybridized carbons (Fsp3) is 0.857. The van der Waals surface area contributed by atoms with Gasteiger partial charge in [-0.2, -0.15) is 0 Å². The molecule has 2 amide bonds. The molecule has 1 atom stereocenters. The maximum absolute atomic E-state index is 12.2. The van der Waals surface area contributed by atoms with E-state index in [1.165, 1.54) is 0 Å². The van der Waals surface area contributed by atoms with Crippen LogP contribution in [-0.4, -0.2) is 84.0 Å². The monoisotopic (exact) mass is 432 g/mol. The van der Waals surface area contributed by atoms with Crippen LogP contribution >= 0.6 is 0 Å². The predicted molar refractivity (Wildman–Crippen MR) is 113 cm³/mol. The lowest BCUT2D eigenvalue weighted by Crippen LogP contribution is -2.46. The molecule has 9 heteroatoms. The molecule has 2 N–H and O–H groups in total. The van der Waals surface area contributed by atoms with Crippen LogP contribution in [0.1, 0.15) is 51.9 Å². The highest BCUT2D eigenvalue weighted by molar-refractivity contribution is 5.87. The van der Waals surface area contributed by atoms with E-state index in [1.54, 1.807) is 14.2 Å². The second-order valence-electron chi connectivity index (χ2n) is 6.86. The van der Waals surface area contributed by atoms with Gasteiger partial charge in [0.2, 0.25) is 11.8 Å². The Balaban J connectivity index is 4.04. The Morgan fingerprint density at radius 1 is 0.767 bits per heavy atom. The van der Waals surface area contributed by atoms with Gasteiger partial charge in [0.15, 0.2) is 0 Å². The summed E-state index contributed by atoms with van der Waals surface area (Å²) in [5.74, 6) is -0.225. The number of carbonyl (C=O) groups is 3. The number of ether oxygens (including phenoxy) is 4. The molecule has 0 saturated heterocycles. The Morgan fingerprint density at radius 3 is 2.00 bits per heavy atom. The predicted octanol–water partition coefficient (Wildman–Crippen LogP) is 1.23. The van der Waals surface area contributed by atoms with E-state index in [-0.39, 0.29) is 30.6 Å². The summed E-state index contributed by atoms with van der Waals surface area (Å²) in [5, 5.41) is 5.53. The summed E-state index contributed by atoms with van der Waals surface area (Å²) in [7, 11) is 3.19. The van der Waals surface area contributed by atoms with Crippen molar-refractivity contribution in [2.45, 2.75) is 57.9 Å². The maximum Gasteiger partial charge on any atom is 0.242 e. The van der Waals surface area contributed by atoms with E-state index in [4.69, 9.17) is 18.9 Å². The molecule has 0 saturated carbocycles. The molecule has 0 aromatic carbocycles. The van der Waals surface area contributed by atoms with Crippen LogP contribution in [0.5, 0.6) is 0 Å². The second-order valence-corrected chi connectivity index (χ2v) is 6.86. The Kier molecular flexibility index (Phi) is 19.6. The smallest absolute Gasteiger partial charge is 0.242 e. The molecule has 0 spiro atoms. The van der Waals surface area contributed by atoms with Gasteiger partial charge in [-0.05, 0) is 19.8 Å². The Bertz CT molecular complexity index is 461. The third-order valence-corrected chi connectivity index (χ3v) is 4.31. The van der Waals surface area contributed by atoms with Gasteiger partial charge in [-0.15, -0.1) is 0 Å². The van der Waals surface area contributed by atoms with E-state index >= 15 is 0 Å². The van der Waals surface area contributed by atoms with Crippen molar-refractivity contribution >= 4 is 17.6 Å². The number of hydrogen-bond acceptors (Lipinski definition) is 7. The Hall–Kier alpha value is -1.55. The second kappa shape index (κ2) is 20.7. The summed E-state index contributed by atoms with van der Waals surface area (Å²) in [5.41, 5.74) is 0. The van der Waals surface area contributed by atoms with Gasteiger partial charge in [0.05, 0.1) is 39.6 Å². The van der Waals surface area contributed by atoms with Crippen molar-refractivity contribution in [2.75, 3.05) is 60.4 Å². The molecule has 0 aliphatic heterocycles. The van der Waals surface area contributed by atoms with E-state index in [1.807, 2.05) is 6.92 Å². The average Bonchev–Trinajstić information content (AvgIpc) is 2.72. The van der Waals surface area contributed by atoms with Crippen LogP contribution in [-0.2, 0) is 33.3 Å². The number of ketones is 1. The fourth-order valence-electron chi connectivity index (χ4n) is 2.64. The zero-order chi connectivity index (χ0) is 22.5. The molecule has 0 radical (unpaired) electrons. The van der Waals surface area contributed by atoms with Crippen LogP contribution in [0.4, 0.5) is 0 Å². The minimum Gasteiger partial charge on any atom is -0.382 e. The number of hydrogen-bond donors (Lipinski definition) is 2. The molecule has 30 heavy (non-hydrogen) atoms. The fourth-order valence-corrected chi connectivity index (χ4v) is 2.64. The first kappa shape index (κ1) is 28.5. The van der Waals surface area contributed by atoms with Crippen LogP contribution in [0, 0.1) is 0 Å². The SMILES string of the molecule is CCNC(=O)C(CCCCCC(=O)CCOCCOC)NC(=O)CCOCCOC. The molecule has 0 rings (SSSR count). The Morgan fingerprint density at radius 2 is 1.40 bits per heavy atom. The summed E-state index contributed by atoms with van der Waals surface area (Å²) in [6, 6.07) is -0.568. The molecule has 176 valence electrons. The highest BCUT2D eigenvalue weighted by Gasteiger charge is 2.19. The lowest BCUT2D eigenvalue weighted by molar-refractivity contribution is -0.129. The zero-order valence-corrected chi connectivity index (χ0v) is 18.8. The van der Waals surface area contributed by atoms with Crippen molar-refractivity contribution in [3.63, 3.8) is 0 Å². The van der Waals surface area contributed by atoms with Gasteiger partial charge in [-0.1, -0.05) is 12.8 Å². The molecule has 0 bridgehead atoms. The summed E-state index contributed by atoms with van der Waals surface area (Å²) in [6.45, 7) is 4.98. The lowest BCUT2D eigenvalue weighted by atomic mass is 10.0. The van der Waals surface area contributed by atoms with Gasteiger partial charge in [-0.25, -0.2) is 0 Å². The van der Waals surface area contributed by atoms with E-state index in [0.29, 0.717) is 58.8 Å². The molecular weight excluding hydrogens is 392 g/mol. The van der Waals surface area contributed by atoms with E-state index in [2.05, 4.69) is 10.6 Å². The normalized spacial score (nSPS) is 11.8. The van der Waals surface area contributed by atoms with Crippen LogP contribution in [0.2, 0.25) is 0 Å². The number of rotatable bonds is 21. The van der Waals surface area contributed by atoms with Gasteiger partial charge >= 0.3 is 0 Å². The van der Waals surface area contributed by atoms with Crippen molar-refractivity contribution in [1.82, 2.24) is 10.6 Å². The maximum atomic E-state index is 12.2. The number of Topliss-reactive ketones (excluding diaryl/α,β-unsaturated/α-hetero) is 1. The summed E-state index contributed by atoms with van der Waals surface area (Å²) in [4.78, 5) is 36.1. The Labute approximate surface area is 180 Å². The topological polar surface area (TPSA) is 112 Å². The summed E-state index contributed by atoms with van der Waals surface area (Å²) in [6.07, 6.45) is 3.99. The van der Waals surface area contributed by atoms with Crippen molar-refractivity contribution in [2.24, 2.45) is 0 Å². The van der Waals surface area contributed by atoms with E-state index in [9.17, 15) is 14.4 Å². The van der Waals surface area contributed by atoms with Gasteiger partial charge in [-0.3, -0.25) is 14.4 Å². The van der Waals surface area contributed by atoms with Gasteiger partial charge in [0.25, 0.3) is 0 Å². The van der Waals surface area contributed by atoms with Crippen molar-refractivity contribution < 1.29 is 33.3 Å². The highest BCUT2D eigenvalue weighted by atomic mass is 16.5. The summed E-state index contributed by atoms with van der Waals surface area (Å²) < 4.78 is 20.3. The molecule has 0 aliphatic carbocycles. The zero-order valence-electron chi connectivity index (χ0n) is 18.8. The van der Waals surface area contributed by atoms with E-state index in [0.717, 1.165) is 19.3 Å². The first-order valence-electron chi connectivity index (χ1n) is 10.8. The molecule has 0 aromatic rings. The first-order valence-corrected chi connectivity index (χ1v) is 10.8. The first-order chi connectivity index (χ1) is 14.5. The number of nitrogens with one attached hydrogen (secondary N) is 2. The number of unbranched alkanes of at least 4 members (excludes halogenated alkanes) is 2. The number of likely N-dealkylation sites (N-methyl/N-ethyl adjacent to an activating group) is 1.